The average Bonchev–Trinajstić information content (AvgIpc) is 2.73. The Kier molecular flexibility index (Phi) is 8.69. The first-order chi connectivity index (χ1) is 14.9. The summed E-state index contributed by atoms with van der Waals surface area (Å²) in [6, 6.07) is 6.87. The molecule has 170 valence electrons. The second-order valence-corrected chi connectivity index (χ2v) is 8.88. The van der Waals surface area contributed by atoms with E-state index in [-0.39, 0.29) is 30.9 Å². The van der Waals surface area contributed by atoms with Crippen LogP contribution >= 0.6 is 11.6 Å². The summed E-state index contributed by atoms with van der Waals surface area (Å²) in [5.41, 5.74) is 0.602. The molecule has 2 fully saturated rings. The number of anilines is 1. The molecule has 1 saturated heterocycles. The highest BCUT2D eigenvalue weighted by Gasteiger charge is 2.25. The number of hydrogen-bond acceptors (Lipinski definition) is 5. The van der Waals surface area contributed by atoms with E-state index in [0.29, 0.717) is 42.8 Å². The molecular weight excluding hydrogens is 418 g/mol. The summed E-state index contributed by atoms with van der Waals surface area (Å²) in [5.74, 6) is 0.0246. The van der Waals surface area contributed by atoms with Crippen molar-refractivity contribution in [2.75, 3.05) is 44.6 Å². The first-order valence-corrected chi connectivity index (χ1v) is 11.4. The molecule has 2 aliphatic rings. The first-order valence-electron chi connectivity index (χ1n) is 11.0. The van der Waals surface area contributed by atoms with E-state index in [9.17, 15) is 14.4 Å². The molecule has 0 aromatic heterocycles. The normalized spacial score (nSPS) is 22.5. The molecule has 2 unspecified atom stereocenters. The number of nitrogens with one attached hydrogen (secondary N) is 3. The predicted octanol–water partition coefficient (Wildman–Crippen LogP) is 2.30. The Morgan fingerprint density at radius 1 is 0.968 bits per heavy atom. The molecule has 1 aliphatic heterocycles. The monoisotopic (exact) mass is 449 g/mol. The number of carbonyl (C=O) groups is 3. The van der Waals surface area contributed by atoms with Crippen LogP contribution in [-0.2, 0) is 9.59 Å². The number of halogens is 1. The minimum absolute atomic E-state index is 0.118. The number of nitrogens with zero attached hydrogens (tertiary/aromatic N) is 2. The Morgan fingerprint density at radius 3 is 2.23 bits per heavy atom. The Balaban J connectivity index is 1.34. The molecule has 9 heteroatoms. The van der Waals surface area contributed by atoms with Crippen LogP contribution in [0.3, 0.4) is 0 Å². The molecule has 0 bridgehead atoms. The fourth-order valence-corrected chi connectivity index (χ4v) is 4.35. The van der Waals surface area contributed by atoms with Crippen molar-refractivity contribution in [3.05, 3.63) is 29.3 Å². The summed E-state index contributed by atoms with van der Waals surface area (Å²) >= 11 is 6.07. The summed E-state index contributed by atoms with van der Waals surface area (Å²) in [7, 11) is 0. The first kappa shape index (κ1) is 23.5. The number of imide groups is 1. The number of rotatable bonds is 6. The Bertz CT molecular complexity index is 782. The molecular formula is C22H32ClN5O3. The highest BCUT2D eigenvalue weighted by Crippen LogP contribution is 2.23. The lowest BCUT2D eigenvalue weighted by atomic mass is 9.86. The molecule has 4 amide bonds. The standard InChI is InChI=1S/C22H32ClN5O3/c1-16-6-2-4-8-18(16)25-22(31)26-21(30)15-28-12-10-27(11-13-28)14-20(29)24-19-9-5-3-7-17(19)23/h3,5,7,9,16,18H,2,4,6,8,10-15H2,1H3,(H,24,29)(H2,25,26,30,31). The topological polar surface area (TPSA) is 93.8 Å². The molecule has 1 saturated carbocycles. The van der Waals surface area contributed by atoms with E-state index in [2.05, 4.69) is 22.9 Å². The van der Waals surface area contributed by atoms with Crippen LogP contribution in [-0.4, -0.2) is 73.0 Å². The van der Waals surface area contributed by atoms with E-state index in [1.807, 2.05) is 21.9 Å². The summed E-state index contributed by atoms with van der Waals surface area (Å²) in [5, 5.41) is 8.72. The van der Waals surface area contributed by atoms with Gasteiger partial charge in [-0.25, -0.2) is 4.79 Å². The highest BCUT2D eigenvalue weighted by molar-refractivity contribution is 6.33. The van der Waals surface area contributed by atoms with Gasteiger partial charge in [0.1, 0.15) is 0 Å². The predicted molar refractivity (Wildman–Crippen MR) is 121 cm³/mol. The van der Waals surface area contributed by atoms with E-state index in [4.69, 9.17) is 11.6 Å². The number of urea groups is 1. The van der Waals surface area contributed by atoms with E-state index >= 15 is 0 Å². The third-order valence-electron chi connectivity index (χ3n) is 6.03. The van der Waals surface area contributed by atoms with Gasteiger partial charge < -0.3 is 10.6 Å². The molecule has 1 aromatic rings. The van der Waals surface area contributed by atoms with Gasteiger partial charge in [0.25, 0.3) is 0 Å². The second kappa shape index (κ2) is 11.5. The molecule has 1 heterocycles. The zero-order valence-corrected chi connectivity index (χ0v) is 18.8. The van der Waals surface area contributed by atoms with Crippen molar-refractivity contribution in [2.24, 2.45) is 5.92 Å². The molecule has 2 atom stereocenters. The van der Waals surface area contributed by atoms with Crippen LogP contribution < -0.4 is 16.0 Å². The molecule has 0 radical (unpaired) electrons. The average molecular weight is 450 g/mol. The third-order valence-corrected chi connectivity index (χ3v) is 6.36. The largest absolute Gasteiger partial charge is 0.335 e. The SMILES string of the molecule is CC1CCCCC1NC(=O)NC(=O)CN1CCN(CC(=O)Nc2ccccc2Cl)CC1. The fraction of sp³-hybridized carbons (Fsp3) is 0.591. The lowest BCUT2D eigenvalue weighted by Gasteiger charge is -2.34. The van der Waals surface area contributed by atoms with E-state index in [1.54, 1.807) is 12.1 Å². The summed E-state index contributed by atoms with van der Waals surface area (Å²) in [6.07, 6.45) is 4.39. The van der Waals surface area contributed by atoms with Crippen molar-refractivity contribution < 1.29 is 14.4 Å². The van der Waals surface area contributed by atoms with Crippen LogP contribution in [0.25, 0.3) is 0 Å². The van der Waals surface area contributed by atoms with Gasteiger partial charge in [0.15, 0.2) is 0 Å². The van der Waals surface area contributed by atoms with Crippen molar-refractivity contribution in [3.63, 3.8) is 0 Å². The molecule has 1 aliphatic carbocycles. The van der Waals surface area contributed by atoms with E-state index in [1.165, 1.54) is 6.42 Å². The highest BCUT2D eigenvalue weighted by atomic mass is 35.5. The lowest BCUT2D eigenvalue weighted by Crippen LogP contribution is -2.53. The molecule has 8 nitrogen and oxygen atoms in total. The number of carbonyl (C=O) groups excluding carboxylic acids is 3. The lowest BCUT2D eigenvalue weighted by molar-refractivity contribution is -0.122. The Morgan fingerprint density at radius 2 is 1.58 bits per heavy atom. The second-order valence-electron chi connectivity index (χ2n) is 8.47. The summed E-state index contributed by atoms with van der Waals surface area (Å²) < 4.78 is 0. The van der Waals surface area contributed by atoms with Gasteiger partial charge in [0.05, 0.1) is 23.8 Å². The number of hydrogen-bond donors (Lipinski definition) is 3. The maximum atomic E-state index is 12.3. The third kappa shape index (κ3) is 7.48. The maximum Gasteiger partial charge on any atom is 0.321 e. The van der Waals surface area contributed by atoms with Crippen molar-refractivity contribution >= 4 is 35.1 Å². The van der Waals surface area contributed by atoms with Crippen molar-refractivity contribution in [3.8, 4) is 0 Å². The van der Waals surface area contributed by atoms with Gasteiger partial charge in [-0.05, 0) is 30.9 Å². The summed E-state index contributed by atoms with van der Waals surface area (Å²) in [4.78, 5) is 40.7. The van der Waals surface area contributed by atoms with E-state index < -0.39 is 6.03 Å². The zero-order valence-electron chi connectivity index (χ0n) is 18.0. The van der Waals surface area contributed by atoms with Gasteiger partial charge in [-0.2, -0.15) is 0 Å². The molecule has 0 spiro atoms. The molecule has 3 N–H and O–H groups in total. The summed E-state index contributed by atoms with van der Waals surface area (Å²) in [6.45, 7) is 5.26. The van der Waals surface area contributed by atoms with Crippen LogP contribution in [0.15, 0.2) is 24.3 Å². The van der Waals surface area contributed by atoms with Gasteiger partial charge in [-0.15, -0.1) is 0 Å². The van der Waals surface area contributed by atoms with Crippen LogP contribution in [0.5, 0.6) is 0 Å². The Hall–Kier alpha value is -2.16. The number of amides is 4. The minimum atomic E-state index is -0.404. The van der Waals surface area contributed by atoms with Crippen molar-refractivity contribution in [1.29, 1.82) is 0 Å². The fourth-order valence-electron chi connectivity index (χ4n) is 4.17. The molecule has 3 rings (SSSR count). The van der Waals surface area contributed by atoms with Crippen LogP contribution in [0, 0.1) is 5.92 Å². The van der Waals surface area contributed by atoms with Gasteiger partial charge in [-0.3, -0.25) is 24.7 Å². The number of para-hydroxylation sites is 1. The van der Waals surface area contributed by atoms with Gasteiger partial charge in [0.2, 0.25) is 11.8 Å². The van der Waals surface area contributed by atoms with Gasteiger partial charge in [-0.1, -0.05) is 43.5 Å². The maximum absolute atomic E-state index is 12.3. The van der Waals surface area contributed by atoms with Crippen LogP contribution in [0.2, 0.25) is 5.02 Å². The van der Waals surface area contributed by atoms with Crippen molar-refractivity contribution in [2.45, 2.75) is 38.6 Å². The quantitative estimate of drug-likeness (QED) is 0.619. The Labute approximate surface area is 188 Å². The van der Waals surface area contributed by atoms with Gasteiger partial charge >= 0.3 is 6.03 Å². The number of piperazine rings is 1. The minimum Gasteiger partial charge on any atom is -0.335 e. The van der Waals surface area contributed by atoms with Crippen molar-refractivity contribution in [1.82, 2.24) is 20.4 Å². The van der Waals surface area contributed by atoms with Crippen LogP contribution in [0.4, 0.5) is 10.5 Å². The zero-order chi connectivity index (χ0) is 22.2. The van der Waals surface area contributed by atoms with Crippen LogP contribution in [0.1, 0.15) is 32.6 Å². The number of benzene rings is 1. The van der Waals surface area contributed by atoms with Gasteiger partial charge in [0, 0.05) is 32.2 Å². The smallest absolute Gasteiger partial charge is 0.321 e. The molecule has 31 heavy (non-hydrogen) atoms. The van der Waals surface area contributed by atoms with E-state index in [0.717, 1.165) is 19.3 Å². The molecule has 1 aromatic carbocycles.